The average Bonchev–Trinajstić information content (AvgIpc) is 3.37. The van der Waals surface area contributed by atoms with E-state index in [1.807, 2.05) is 4.90 Å². The van der Waals surface area contributed by atoms with Crippen LogP contribution >= 0.6 is 0 Å². The van der Waals surface area contributed by atoms with E-state index in [4.69, 9.17) is 5.73 Å². The lowest BCUT2D eigenvalue weighted by molar-refractivity contribution is -0.144. The molecule has 1 unspecified atom stereocenters. The molecule has 0 spiro atoms. The number of anilines is 1. The van der Waals surface area contributed by atoms with E-state index in [0.29, 0.717) is 0 Å². The third-order valence-corrected chi connectivity index (χ3v) is 9.40. The summed E-state index contributed by atoms with van der Waals surface area (Å²) in [4.78, 5) is 40.2. The number of aliphatic hydroxyl groups is 3. The first-order chi connectivity index (χ1) is 18.3. The number of benzene rings is 1. The molecular formula is C25H28FN3O9S. The Labute approximate surface area is 222 Å². The van der Waals surface area contributed by atoms with Gasteiger partial charge in [0.2, 0.25) is 15.8 Å². The van der Waals surface area contributed by atoms with Gasteiger partial charge in [0.15, 0.2) is 17.1 Å². The molecule has 1 heterocycles. The number of carbonyl (C=O) groups excluding carboxylic acids is 3. The molecule has 0 bridgehead atoms. The van der Waals surface area contributed by atoms with Gasteiger partial charge in [0.1, 0.15) is 22.9 Å². The predicted molar refractivity (Wildman–Crippen MR) is 134 cm³/mol. The van der Waals surface area contributed by atoms with Crippen molar-refractivity contribution < 1.29 is 47.6 Å². The summed E-state index contributed by atoms with van der Waals surface area (Å²) in [6.45, 7) is 1.75. The topological polar surface area (TPSA) is 208 Å². The number of amides is 1. The summed E-state index contributed by atoms with van der Waals surface area (Å²) in [6.07, 6.45) is 1.14. The number of hydrogen-bond donors (Lipinski definition) is 6. The largest absolute Gasteiger partial charge is 0.511 e. The van der Waals surface area contributed by atoms with Crippen LogP contribution in [0.25, 0.3) is 0 Å². The van der Waals surface area contributed by atoms with Crippen molar-refractivity contribution >= 4 is 33.2 Å². The molecule has 14 heteroatoms. The number of nitrogens with two attached hydrogens (primary N) is 1. The normalized spacial score (nSPS) is 27.3. The van der Waals surface area contributed by atoms with Crippen molar-refractivity contribution in [3.8, 4) is 5.75 Å². The monoisotopic (exact) mass is 565 g/mol. The number of phenols is 1. The van der Waals surface area contributed by atoms with Gasteiger partial charge in [0.25, 0.3) is 5.91 Å². The number of sulfonamides is 1. The van der Waals surface area contributed by atoms with Gasteiger partial charge < -0.3 is 31.1 Å². The van der Waals surface area contributed by atoms with Gasteiger partial charge in [-0.05, 0) is 44.7 Å². The number of likely N-dealkylation sites (tertiary alicyclic amines) is 1. The molecule has 3 aliphatic carbocycles. The van der Waals surface area contributed by atoms with E-state index in [2.05, 4.69) is 4.72 Å². The number of ketones is 2. The Morgan fingerprint density at radius 3 is 2.49 bits per heavy atom. The summed E-state index contributed by atoms with van der Waals surface area (Å²) in [7, 11) is -4.04. The van der Waals surface area contributed by atoms with Gasteiger partial charge in [-0.1, -0.05) is 0 Å². The van der Waals surface area contributed by atoms with Crippen LogP contribution < -0.4 is 10.5 Å². The lowest BCUT2D eigenvalue weighted by Crippen LogP contribution is -2.57. The molecule has 1 amide bonds. The Kier molecular flexibility index (Phi) is 6.47. The minimum atomic E-state index is -4.04. The van der Waals surface area contributed by atoms with E-state index in [1.54, 1.807) is 0 Å². The number of Topliss-reactive ketones (excluding diaryl/α,β-unsaturated/α-hetero) is 2. The summed E-state index contributed by atoms with van der Waals surface area (Å²) in [5.41, 5.74) is -0.342. The molecule has 12 nitrogen and oxygen atoms in total. The van der Waals surface area contributed by atoms with Gasteiger partial charge in [0, 0.05) is 36.1 Å². The highest BCUT2D eigenvalue weighted by Crippen LogP contribution is 2.52. The second-order valence-corrected chi connectivity index (χ2v) is 12.3. The second kappa shape index (κ2) is 9.31. The number of nitrogens with one attached hydrogen (secondary N) is 1. The van der Waals surface area contributed by atoms with Crippen LogP contribution in [0.2, 0.25) is 0 Å². The standard InChI is InChI=1S/C25H28FN3O9S/c26-14-10-15(28-39(37,38)6-5-29-3-1-2-4-29)20(31)18-13(14)8-11-7-12-9-16(30)19(24(27)35)23(34)25(12,36)22(33)17(11)21(18)32/h10-12,28,30-31,33,36H,1-9H2,(H2,27,35)/t11?,12-,25-/m0/s1. The molecule has 3 atom stereocenters. The lowest BCUT2D eigenvalue weighted by atomic mass is 9.60. The summed E-state index contributed by atoms with van der Waals surface area (Å²) in [6, 6.07) is 0.778. The first kappa shape index (κ1) is 27.1. The van der Waals surface area contributed by atoms with Crippen LogP contribution in [0.5, 0.6) is 5.75 Å². The molecule has 1 saturated heterocycles. The highest BCUT2D eigenvalue weighted by atomic mass is 32.2. The molecule has 1 aromatic carbocycles. The fourth-order valence-electron chi connectivity index (χ4n) is 6.19. The number of fused-ring (bicyclic) bond motifs is 3. The molecule has 210 valence electrons. The van der Waals surface area contributed by atoms with Crippen LogP contribution in [-0.4, -0.2) is 82.2 Å². The number of aliphatic hydroxyl groups excluding tert-OH is 2. The molecule has 0 aromatic heterocycles. The van der Waals surface area contributed by atoms with E-state index in [1.165, 1.54) is 0 Å². The van der Waals surface area contributed by atoms with Crippen LogP contribution in [0, 0.1) is 17.7 Å². The maximum absolute atomic E-state index is 15.2. The first-order valence-corrected chi connectivity index (χ1v) is 14.2. The van der Waals surface area contributed by atoms with Gasteiger partial charge in [-0.25, -0.2) is 12.8 Å². The number of carbonyl (C=O) groups is 3. The maximum Gasteiger partial charge on any atom is 0.255 e. The van der Waals surface area contributed by atoms with Crippen molar-refractivity contribution in [1.29, 1.82) is 0 Å². The molecule has 5 rings (SSSR count). The molecule has 0 radical (unpaired) electrons. The summed E-state index contributed by atoms with van der Waals surface area (Å²) in [5, 5.41) is 43.4. The number of nitrogens with zero attached hydrogens (tertiary/aromatic N) is 1. The summed E-state index contributed by atoms with van der Waals surface area (Å²) in [5.74, 6) is -9.74. The lowest BCUT2D eigenvalue weighted by Gasteiger charge is -2.45. The third kappa shape index (κ3) is 4.26. The maximum atomic E-state index is 15.2. The molecule has 0 saturated carbocycles. The molecule has 1 fully saturated rings. The van der Waals surface area contributed by atoms with Crippen molar-refractivity contribution in [3.63, 3.8) is 0 Å². The zero-order chi connectivity index (χ0) is 28.4. The number of aromatic hydroxyl groups is 1. The van der Waals surface area contributed by atoms with Gasteiger partial charge in [0.05, 0.1) is 17.0 Å². The second-order valence-electron chi connectivity index (χ2n) is 10.5. The van der Waals surface area contributed by atoms with Crippen molar-refractivity contribution in [2.75, 3.05) is 30.1 Å². The third-order valence-electron chi connectivity index (χ3n) is 8.15. The van der Waals surface area contributed by atoms with E-state index in [9.17, 15) is 43.2 Å². The highest BCUT2D eigenvalue weighted by Gasteiger charge is 2.59. The van der Waals surface area contributed by atoms with E-state index < -0.39 is 96.8 Å². The van der Waals surface area contributed by atoms with Gasteiger partial charge >= 0.3 is 0 Å². The van der Waals surface area contributed by atoms with Crippen LogP contribution in [0.15, 0.2) is 28.7 Å². The van der Waals surface area contributed by atoms with Gasteiger partial charge in [-0.2, -0.15) is 0 Å². The average molecular weight is 566 g/mol. The quantitative estimate of drug-likeness (QED) is 0.209. The minimum Gasteiger partial charge on any atom is -0.511 e. The van der Waals surface area contributed by atoms with E-state index in [-0.39, 0.29) is 30.7 Å². The Bertz CT molecular complexity index is 1480. The smallest absolute Gasteiger partial charge is 0.255 e. The van der Waals surface area contributed by atoms with Crippen molar-refractivity contribution in [2.24, 2.45) is 17.6 Å². The number of allylic oxidation sites excluding steroid dienone is 2. The number of phenolic OH excluding ortho intramolecular Hbond substituents is 1. The van der Waals surface area contributed by atoms with Crippen molar-refractivity contribution in [3.05, 3.63) is 45.7 Å². The fourth-order valence-corrected chi connectivity index (χ4v) is 7.28. The van der Waals surface area contributed by atoms with Gasteiger partial charge in [-0.15, -0.1) is 0 Å². The van der Waals surface area contributed by atoms with Gasteiger partial charge in [-0.3, -0.25) is 19.1 Å². The zero-order valence-electron chi connectivity index (χ0n) is 20.7. The molecule has 1 aliphatic heterocycles. The Morgan fingerprint density at radius 1 is 1.18 bits per heavy atom. The molecular weight excluding hydrogens is 537 g/mol. The van der Waals surface area contributed by atoms with E-state index >= 15 is 4.39 Å². The van der Waals surface area contributed by atoms with Crippen LogP contribution in [-0.2, 0) is 26.0 Å². The van der Waals surface area contributed by atoms with Crippen LogP contribution in [0.3, 0.4) is 0 Å². The molecule has 4 aliphatic rings. The zero-order valence-corrected chi connectivity index (χ0v) is 21.6. The van der Waals surface area contributed by atoms with Crippen LogP contribution in [0.4, 0.5) is 10.1 Å². The number of primary amides is 1. The first-order valence-electron chi connectivity index (χ1n) is 12.5. The fraction of sp³-hybridized carbons (Fsp3) is 0.480. The van der Waals surface area contributed by atoms with Crippen molar-refractivity contribution in [2.45, 2.75) is 37.7 Å². The van der Waals surface area contributed by atoms with Crippen LogP contribution in [0.1, 0.15) is 41.6 Å². The predicted octanol–water partition coefficient (Wildman–Crippen LogP) is 0.557. The van der Waals surface area contributed by atoms with Crippen molar-refractivity contribution in [1.82, 2.24) is 4.90 Å². The Balaban J connectivity index is 1.52. The summed E-state index contributed by atoms with van der Waals surface area (Å²) < 4.78 is 42.7. The number of rotatable bonds is 6. The summed E-state index contributed by atoms with van der Waals surface area (Å²) >= 11 is 0. The Hall–Kier alpha value is -3.49. The number of halogens is 1. The SMILES string of the molecule is NC(=O)C1=C(O)C[C@@H]2CC3Cc4c(F)cc(NS(=O)(=O)CCN5CCCC5)c(O)c4C(=O)C3=C(O)[C@]2(O)C1=O. The minimum absolute atomic E-state index is 0.145. The van der Waals surface area contributed by atoms with E-state index in [0.717, 1.165) is 32.0 Å². The molecule has 7 N–H and O–H groups in total. The Morgan fingerprint density at radius 2 is 1.85 bits per heavy atom. The highest BCUT2D eigenvalue weighted by molar-refractivity contribution is 7.92. The number of hydrogen-bond acceptors (Lipinski definition) is 10. The molecule has 1 aromatic rings. The molecule has 39 heavy (non-hydrogen) atoms.